The molecule has 3 aromatic rings. The molecule has 0 aromatic heterocycles. The van der Waals surface area contributed by atoms with Crippen molar-refractivity contribution in [2.24, 2.45) is 35.0 Å². The van der Waals surface area contributed by atoms with Crippen LogP contribution in [0.15, 0.2) is 106 Å². The van der Waals surface area contributed by atoms with Gasteiger partial charge in [-0.1, -0.05) is 67.4 Å². The van der Waals surface area contributed by atoms with Crippen LogP contribution in [0.4, 0.5) is 8.78 Å². The Morgan fingerprint density at radius 3 is 1.79 bits per heavy atom. The van der Waals surface area contributed by atoms with Crippen LogP contribution < -0.4 is 0 Å². The highest BCUT2D eigenvalue weighted by Crippen LogP contribution is 2.77. The molecule has 4 aliphatic rings. The molecule has 6 unspecified atom stereocenters. The molecule has 0 radical (unpaired) electrons. The van der Waals surface area contributed by atoms with Crippen LogP contribution in [-0.2, 0) is 21.0 Å². The number of hydrogen-bond acceptors (Lipinski definition) is 3. The second-order valence-corrected chi connectivity index (χ2v) is 15.3. The summed E-state index contributed by atoms with van der Waals surface area (Å²) in [6.07, 6.45) is 5.70. The van der Waals surface area contributed by atoms with Crippen LogP contribution in [-0.4, -0.2) is 18.2 Å². The van der Waals surface area contributed by atoms with E-state index in [1.54, 1.807) is 0 Å². The highest BCUT2D eigenvalue weighted by atomic mass is 32.2. The van der Waals surface area contributed by atoms with Crippen LogP contribution in [0.5, 0.6) is 0 Å². The molecule has 0 heterocycles. The summed E-state index contributed by atoms with van der Waals surface area (Å²) in [6.45, 7) is 0. The van der Waals surface area contributed by atoms with E-state index < -0.39 is 21.8 Å². The summed E-state index contributed by atoms with van der Waals surface area (Å²) in [5.41, 5.74) is 0.235. The summed E-state index contributed by atoms with van der Waals surface area (Å²) < 4.78 is 59.3. The summed E-state index contributed by atoms with van der Waals surface area (Å²) in [5.74, 6) is 1.99. The van der Waals surface area contributed by atoms with Gasteiger partial charge in [-0.15, -0.1) is 0 Å². The zero-order valence-electron chi connectivity index (χ0n) is 21.8. The molecule has 4 saturated carbocycles. The largest absolute Gasteiger partial charge is 0.743 e. The van der Waals surface area contributed by atoms with E-state index in [-0.39, 0.29) is 28.1 Å². The van der Waals surface area contributed by atoms with Gasteiger partial charge < -0.3 is 4.55 Å². The molecule has 6 atom stereocenters. The van der Waals surface area contributed by atoms with Crippen LogP contribution in [0.3, 0.4) is 0 Å². The number of hydrogen-bond donors (Lipinski definition) is 0. The second kappa shape index (κ2) is 10.3. The first-order valence-electron chi connectivity index (χ1n) is 13.9. The number of fused-ring (bicyclic) bond motifs is 5. The third-order valence-corrected chi connectivity index (χ3v) is 12.9. The van der Waals surface area contributed by atoms with Crippen molar-refractivity contribution in [3.05, 3.63) is 91.0 Å². The molecule has 7 rings (SSSR count). The van der Waals surface area contributed by atoms with Crippen LogP contribution in [0.2, 0.25) is 0 Å². The fourth-order valence-electron chi connectivity index (χ4n) is 8.62. The number of benzene rings is 3. The third kappa shape index (κ3) is 4.85. The summed E-state index contributed by atoms with van der Waals surface area (Å²) >= 11 is 0. The Labute approximate surface area is 233 Å². The Bertz CT molecular complexity index is 1290. The van der Waals surface area contributed by atoms with E-state index in [9.17, 15) is 21.8 Å². The minimum absolute atomic E-state index is 0.0146. The maximum atomic E-state index is 13.6. The molecule has 3 aromatic carbocycles. The second-order valence-electron chi connectivity index (χ2n) is 11.8. The summed E-state index contributed by atoms with van der Waals surface area (Å²) in [5, 5.41) is -4.09. The summed E-state index contributed by atoms with van der Waals surface area (Å²) in [4.78, 5) is 4.08. The molecule has 0 N–H and O–H groups in total. The van der Waals surface area contributed by atoms with Crippen LogP contribution in [0, 0.1) is 35.0 Å². The van der Waals surface area contributed by atoms with E-state index in [0.29, 0.717) is 12.3 Å². The van der Waals surface area contributed by atoms with Crippen molar-refractivity contribution in [3.8, 4) is 0 Å². The Balaban J connectivity index is 0.000000142. The average molecular weight is 569 g/mol. The summed E-state index contributed by atoms with van der Waals surface area (Å²) in [7, 11) is -5.54. The lowest BCUT2D eigenvalue weighted by Crippen LogP contribution is -2.56. The minimum Gasteiger partial charge on any atom is -0.743 e. The van der Waals surface area contributed by atoms with Gasteiger partial charge in [0.2, 0.25) is 0 Å². The molecule has 3 nitrogen and oxygen atoms in total. The fraction of sp³-hybridized carbons (Fsp3) is 0.438. The zero-order chi connectivity index (χ0) is 27.3. The van der Waals surface area contributed by atoms with Gasteiger partial charge in [-0.05, 0) is 97.1 Å². The smallest absolute Gasteiger partial charge is 0.334 e. The Morgan fingerprint density at radius 2 is 1.33 bits per heavy atom. The SMILES string of the molecule is O=S(=O)([O-])C(F)(F)CC1CC2CC1C13CCCC(C1)C23.c1ccc([S+](c2ccccc2)c2ccccc2)cc1. The Hall–Kier alpha value is -2.22. The van der Waals surface area contributed by atoms with E-state index in [1.807, 2.05) is 0 Å². The maximum absolute atomic E-state index is 13.6. The van der Waals surface area contributed by atoms with Crippen molar-refractivity contribution >= 4 is 21.0 Å². The molecule has 4 aliphatic carbocycles. The molecule has 0 amide bonds. The van der Waals surface area contributed by atoms with Gasteiger partial charge in [0.05, 0.1) is 10.9 Å². The maximum Gasteiger partial charge on any atom is 0.334 e. The van der Waals surface area contributed by atoms with Crippen molar-refractivity contribution in [3.63, 3.8) is 0 Å². The topological polar surface area (TPSA) is 57.2 Å². The van der Waals surface area contributed by atoms with Crippen molar-refractivity contribution in [1.29, 1.82) is 0 Å². The first kappa shape index (κ1) is 27.0. The monoisotopic (exact) mass is 568 g/mol. The molecule has 4 fully saturated rings. The number of halogens is 2. The molecule has 0 saturated heterocycles. The standard InChI is InChI=1S/C18H15S.C14H20F2O3S/c1-4-10-16(11-5-1)19(17-12-6-2-7-13-17)18-14-8-3-9-15-18;15-14(16,20(17,18)19)7-10-4-9-5-11(10)13-3-1-2-8(6-13)12(9)13/h1-15H;8-12H,1-7H2,(H,17,18,19)/q+1;/p-1. The molecular weight excluding hydrogens is 534 g/mol. The lowest BCUT2D eigenvalue weighted by atomic mass is 9.41. The molecule has 1 spiro atoms. The minimum atomic E-state index is -5.53. The molecule has 39 heavy (non-hydrogen) atoms. The molecule has 7 heteroatoms. The van der Waals surface area contributed by atoms with Gasteiger partial charge in [-0.3, -0.25) is 0 Å². The fourth-order valence-corrected chi connectivity index (χ4v) is 11.1. The van der Waals surface area contributed by atoms with E-state index in [4.69, 9.17) is 0 Å². The number of alkyl halides is 2. The molecule has 206 valence electrons. The van der Waals surface area contributed by atoms with E-state index >= 15 is 0 Å². The molecular formula is C32H34F2O3S2. The van der Waals surface area contributed by atoms with Crippen molar-refractivity contribution < 1.29 is 21.8 Å². The van der Waals surface area contributed by atoms with Gasteiger partial charge in [-0.25, -0.2) is 8.42 Å². The lowest BCUT2D eigenvalue weighted by molar-refractivity contribution is -0.150. The van der Waals surface area contributed by atoms with Crippen molar-refractivity contribution in [2.75, 3.05) is 0 Å². The third-order valence-electron chi connectivity index (χ3n) is 9.81. The first-order chi connectivity index (χ1) is 18.7. The van der Waals surface area contributed by atoms with Gasteiger partial charge in [0, 0.05) is 6.42 Å². The first-order valence-corrected chi connectivity index (χ1v) is 16.6. The Morgan fingerprint density at radius 1 is 0.821 bits per heavy atom. The van der Waals surface area contributed by atoms with Crippen LogP contribution >= 0.6 is 0 Å². The lowest BCUT2D eigenvalue weighted by Gasteiger charge is -2.63. The van der Waals surface area contributed by atoms with Crippen molar-refractivity contribution in [2.45, 2.75) is 64.9 Å². The highest BCUT2D eigenvalue weighted by Gasteiger charge is 2.70. The van der Waals surface area contributed by atoms with Gasteiger partial charge in [0.25, 0.3) is 0 Å². The van der Waals surface area contributed by atoms with Gasteiger partial charge in [0.15, 0.2) is 24.8 Å². The molecule has 4 bridgehead atoms. The van der Waals surface area contributed by atoms with Gasteiger partial charge >= 0.3 is 5.25 Å². The Kier molecular flexibility index (Phi) is 7.13. The van der Waals surface area contributed by atoms with Crippen LogP contribution in [0.1, 0.15) is 44.9 Å². The zero-order valence-corrected chi connectivity index (χ0v) is 23.4. The van der Waals surface area contributed by atoms with E-state index in [0.717, 1.165) is 31.1 Å². The quantitative estimate of drug-likeness (QED) is 0.226. The van der Waals surface area contributed by atoms with E-state index in [1.165, 1.54) is 27.5 Å². The molecule has 0 aliphatic heterocycles. The normalized spacial score (nSPS) is 30.7. The highest BCUT2D eigenvalue weighted by molar-refractivity contribution is 7.97. The van der Waals surface area contributed by atoms with Gasteiger partial charge in [0.1, 0.15) is 0 Å². The van der Waals surface area contributed by atoms with Crippen molar-refractivity contribution in [1.82, 2.24) is 0 Å². The van der Waals surface area contributed by atoms with Gasteiger partial charge in [-0.2, -0.15) is 8.78 Å². The van der Waals surface area contributed by atoms with Crippen LogP contribution in [0.25, 0.3) is 0 Å². The summed E-state index contributed by atoms with van der Waals surface area (Å²) in [6, 6.07) is 32.2. The number of rotatable bonds is 6. The predicted molar refractivity (Wildman–Crippen MR) is 148 cm³/mol. The predicted octanol–water partition coefficient (Wildman–Crippen LogP) is 7.76. The van der Waals surface area contributed by atoms with E-state index in [2.05, 4.69) is 91.0 Å². The average Bonchev–Trinajstić information content (AvgIpc) is 3.43.